The van der Waals surface area contributed by atoms with E-state index < -0.39 is 11.9 Å². The minimum absolute atomic E-state index is 0.189. The number of carboxylic acid groups (broad SMARTS) is 1. The minimum atomic E-state index is -0.987. The van der Waals surface area contributed by atoms with Crippen LogP contribution in [0.5, 0.6) is 0 Å². The topological polar surface area (TPSA) is 66.8 Å². The molecule has 0 spiro atoms. The number of hydrogen-bond donors (Lipinski definition) is 1. The summed E-state index contributed by atoms with van der Waals surface area (Å²) >= 11 is 0. The van der Waals surface area contributed by atoms with Gasteiger partial charge in [0.1, 0.15) is 0 Å². The number of carbonyl (C=O) groups is 2. The summed E-state index contributed by atoms with van der Waals surface area (Å²) in [5.41, 5.74) is 2.14. The van der Waals surface area contributed by atoms with E-state index in [1.165, 1.54) is 6.08 Å². The Labute approximate surface area is 131 Å². The van der Waals surface area contributed by atoms with Crippen LogP contribution in [0.25, 0.3) is 5.57 Å². The number of carboxylic acids is 1. The normalized spacial score (nSPS) is 12.6. The number of rotatable bonds is 7. The second kappa shape index (κ2) is 8.22. The Morgan fingerprint density at radius 1 is 1.27 bits per heavy atom. The van der Waals surface area contributed by atoms with Crippen molar-refractivity contribution in [1.29, 1.82) is 0 Å². The molecule has 1 rings (SSSR count). The zero-order valence-electron chi connectivity index (χ0n) is 13.5. The maximum Gasteiger partial charge on any atom is 0.331 e. The van der Waals surface area contributed by atoms with Crippen molar-refractivity contribution in [1.82, 2.24) is 0 Å². The van der Waals surface area contributed by atoms with E-state index in [9.17, 15) is 9.59 Å². The minimum Gasteiger partial charge on any atom is -0.481 e. The number of benzene rings is 1. The van der Waals surface area contributed by atoms with Crippen molar-refractivity contribution in [2.24, 2.45) is 0 Å². The van der Waals surface area contributed by atoms with Crippen LogP contribution in [0.3, 0.4) is 0 Å². The lowest BCUT2D eigenvalue weighted by Gasteiger charge is -2.14. The molecule has 0 saturated heterocycles. The molecule has 1 aromatic rings. The van der Waals surface area contributed by atoms with Crippen molar-refractivity contribution in [3.8, 4) is 0 Å². The van der Waals surface area contributed by atoms with Gasteiger partial charge in [-0.05, 0) is 36.6 Å². The first-order valence-electron chi connectivity index (χ1n) is 7.24. The van der Waals surface area contributed by atoms with Crippen LogP contribution in [0.1, 0.15) is 32.3 Å². The molecule has 0 saturated carbocycles. The molecule has 1 aromatic carbocycles. The summed E-state index contributed by atoms with van der Waals surface area (Å²) in [4.78, 5) is 24.8. The number of esters is 1. The van der Waals surface area contributed by atoms with Crippen molar-refractivity contribution in [2.45, 2.75) is 32.8 Å². The van der Waals surface area contributed by atoms with Crippen molar-refractivity contribution >= 4 is 23.2 Å². The number of carbonyl (C=O) groups excluding carboxylic acids is 1. The third-order valence-electron chi connectivity index (χ3n) is 3.28. The van der Waals surface area contributed by atoms with E-state index in [0.717, 1.165) is 5.69 Å². The molecular weight excluding hydrogens is 282 g/mol. The molecule has 5 heteroatoms. The molecule has 0 bridgehead atoms. The van der Waals surface area contributed by atoms with E-state index in [1.807, 2.05) is 38.1 Å². The predicted octanol–water partition coefficient (Wildman–Crippen LogP) is 2.95. The molecule has 0 amide bonds. The van der Waals surface area contributed by atoms with Gasteiger partial charge in [-0.1, -0.05) is 19.1 Å². The number of ether oxygens (including phenoxy) is 1. The van der Waals surface area contributed by atoms with E-state index >= 15 is 0 Å². The molecule has 0 heterocycles. The maximum absolute atomic E-state index is 11.9. The third-order valence-corrected chi connectivity index (χ3v) is 3.28. The standard InChI is InChI=1S/C17H23NO4/c1-5-12(2)22-17(21)11-14(10-16(19)20)13-6-8-15(9-7-13)18(3)4/h6-9,11-12H,5,10H2,1-4H3,(H,19,20). The van der Waals surface area contributed by atoms with Gasteiger partial charge in [-0.3, -0.25) is 4.79 Å². The van der Waals surface area contributed by atoms with Gasteiger partial charge in [0.2, 0.25) is 0 Å². The highest BCUT2D eigenvalue weighted by Crippen LogP contribution is 2.22. The second-order valence-electron chi connectivity index (χ2n) is 5.34. The number of anilines is 1. The van der Waals surface area contributed by atoms with Crippen LogP contribution in [0, 0.1) is 0 Å². The fourth-order valence-corrected chi connectivity index (χ4v) is 1.83. The molecule has 0 aliphatic carbocycles. The SMILES string of the molecule is CCC(C)OC(=O)C=C(CC(=O)O)c1ccc(N(C)C)cc1. The fourth-order valence-electron chi connectivity index (χ4n) is 1.83. The van der Waals surface area contributed by atoms with E-state index in [0.29, 0.717) is 17.6 Å². The first-order chi connectivity index (χ1) is 10.3. The Morgan fingerprint density at radius 2 is 1.86 bits per heavy atom. The summed E-state index contributed by atoms with van der Waals surface area (Å²) in [6.45, 7) is 3.72. The van der Waals surface area contributed by atoms with E-state index in [4.69, 9.17) is 9.84 Å². The Hall–Kier alpha value is -2.30. The number of nitrogens with zero attached hydrogens (tertiary/aromatic N) is 1. The largest absolute Gasteiger partial charge is 0.481 e. The van der Waals surface area contributed by atoms with Gasteiger partial charge in [0.15, 0.2) is 0 Å². The predicted molar refractivity (Wildman–Crippen MR) is 86.8 cm³/mol. The van der Waals surface area contributed by atoms with E-state index in [-0.39, 0.29) is 12.5 Å². The zero-order valence-corrected chi connectivity index (χ0v) is 13.5. The van der Waals surface area contributed by atoms with Gasteiger partial charge in [0.25, 0.3) is 0 Å². The molecule has 22 heavy (non-hydrogen) atoms. The van der Waals surface area contributed by atoms with Crippen LogP contribution in [-0.2, 0) is 14.3 Å². The lowest BCUT2D eigenvalue weighted by molar-refractivity contribution is -0.142. The molecule has 1 N–H and O–H groups in total. The summed E-state index contributed by atoms with van der Waals surface area (Å²) in [5.74, 6) is -1.50. The van der Waals surface area contributed by atoms with Crippen LogP contribution >= 0.6 is 0 Å². The highest BCUT2D eigenvalue weighted by atomic mass is 16.5. The molecular formula is C17H23NO4. The quantitative estimate of drug-likeness (QED) is 0.619. The third kappa shape index (κ3) is 5.60. The van der Waals surface area contributed by atoms with Crippen LogP contribution in [0.15, 0.2) is 30.3 Å². The van der Waals surface area contributed by atoms with Crippen LogP contribution in [0.4, 0.5) is 5.69 Å². The van der Waals surface area contributed by atoms with E-state index in [1.54, 1.807) is 19.1 Å². The zero-order chi connectivity index (χ0) is 16.7. The Bertz CT molecular complexity index is 546. The van der Waals surface area contributed by atoms with Gasteiger partial charge >= 0.3 is 11.9 Å². The molecule has 0 aliphatic rings. The molecule has 120 valence electrons. The Balaban J connectivity index is 3.01. The molecule has 1 atom stereocenters. The van der Waals surface area contributed by atoms with Crippen molar-refractivity contribution < 1.29 is 19.4 Å². The summed E-state index contributed by atoms with van der Waals surface area (Å²) in [6.07, 6.45) is 1.57. The highest BCUT2D eigenvalue weighted by molar-refractivity contribution is 5.95. The first-order valence-corrected chi connectivity index (χ1v) is 7.24. The van der Waals surface area contributed by atoms with Crippen molar-refractivity contribution in [2.75, 3.05) is 19.0 Å². The molecule has 0 fully saturated rings. The summed E-state index contributed by atoms with van der Waals surface area (Å²) in [6, 6.07) is 7.37. The smallest absolute Gasteiger partial charge is 0.331 e. The van der Waals surface area contributed by atoms with Crippen LogP contribution in [-0.4, -0.2) is 37.2 Å². The van der Waals surface area contributed by atoms with Crippen molar-refractivity contribution in [3.63, 3.8) is 0 Å². The lowest BCUT2D eigenvalue weighted by atomic mass is 10.0. The number of aliphatic carboxylic acids is 1. The van der Waals surface area contributed by atoms with Gasteiger partial charge in [0.05, 0.1) is 12.5 Å². The van der Waals surface area contributed by atoms with Crippen LogP contribution in [0.2, 0.25) is 0 Å². The maximum atomic E-state index is 11.9. The highest BCUT2D eigenvalue weighted by Gasteiger charge is 2.12. The van der Waals surface area contributed by atoms with Gasteiger partial charge < -0.3 is 14.7 Å². The Morgan fingerprint density at radius 3 is 2.32 bits per heavy atom. The summed E-state index contributed by atoms with van der Waals surface area (Å²) < 4.78 is 5.18. The summed E-state index contributed by atoms with van der Waals surface area (Å²) in [7, 11) is 3.85. The average Bonchev–Trinajstić information content (AvgIpc) is 2.45. The molecule has 0 radical (unpaired) electrons. The molecule has 1 unspecified atom stereocenters. The molecule has 0 aromatic heterocycles. The van der Waals surface area contributed by atoms with Gasteiger partial charge in [-0.15, -0.1) is 0 Å². The monoisotopic (exact) mass is 305 g/mol. The number of hydrogen-bond acceptors (Lipinski definition) is 4. The second-order valence-corrected chi connectivity index (χ2v) is 5.34. The van der Waals surface area contributed by atoms with E-state index in [2.05, 4.69) is 0 Å². The molecule has 0 aliphatic heterocycles. The van der Waals surface area contributed by atoms with Crippen molar-refractivity contribution in [3.05, 3.63) is 35.9 Å². The van der Waals surface area contributed by atoms with Gasteiger partial charge in [0, 0.05) is 25.9 Å². The first kappa shape index (κ1) is 17.8. The Kier molecular flexibility index (Phi) is 6.63. The summed E-state index contributed by atoms with van der Waals surface area (Å²) in [5, 5.41) is 9.03. The fraction of sp³-hybridized carbons (Fsp3) is 0.412. The van der Waals surface area contributed by atoms with Gasteiger partial charge in [-0.2, -0.15) is 0 Å². The van der Waals surface area contributed by atoms with Crippen LogP contribution < -0.4 is 4.90 Å². The van der Waals surface area contributed by atoms with Gasteiger partial charge in [-0.25, -0.2) is 4.79 Å². The molecule has 5 nitrogen and oxygen atoms in total. The lowest BCUT2D eigenvalue weighted by Crippen LogP contribution is -2.12. The average molecular weight is 305 g/mol.